The van der Waals surface area contributed by atoms with Crippen LogP contribution in [0.2, 0.25) is 0 Å². The molecule has 0 aromatic carbocycles. The molecule has 0 saturated heterocycles. The van der Waals surface area contributed by atoms with Crippen molar-refractivity contribution in [2.45, 2.75) is 33.6 Å². The second kappa shape index (κ2) is 5.49. The standard InChI is InChI=1S/C12H16N2O2/c1-8(2)11(15)4-5-12(16)10-7-13-9(3)6-14-10/h6-8H,4-5H2,1-3H3. The summed E-state index contributed by atoms with van der Waals surface area (Å²) in [6.45, 7) is 5.47. The summed E-state index contributed by atoms with van der Waals surface area (Å²) in [6.07, 6.45) is 3.51. The second-order valence-corrected chi connectivity index (χ2v) is 4.09. The number of hydrogen-bond acceptors (Lipinski definition) is 4. The molecule has 1 aromatic rings. The molecule has 16 heavy (non-hydrogen) atoms. The van der Waals surface area contributed by atoms with Gasteiger partial charge in [-0.25, -0.2) is 4.98 Å². The zero-order valence-corrected chi connectivity index (χ0v) is 9.86. The predicted molar refractivity (Wildman–Crippen MR) is 60.2 cm³/mol. The van der Waals surface area contributed by atoms with E-state index < -0.39 is 0 Å². The third-order valence-electron chi connectivity index (χ3n) is 2.31. The molecule has 0 unspecified atom stereocenters. The van der Waals surface area contributed by atoms with Crippen LogP contribution in [-0.4, -0.2) is 21.5 Å². The molecule has 1 heterocycles. The molecule has 0 bridgehead atoms. The number of ketones is 2. The predicted octanol–water partition coefficient (Wildman–Crippen LogP) is 1.97. The highest BCUT2D eigenvalue weighted by molar-refractivity contribution is 5.96. The fourth-order valence-corrected chi connectivity index (χ4v) is 1.19. The van der Waals surface area contributed by atoms with Gasteiger partial charge < -0.3 is 0 Å². The molecule has 0 amide bonds. The maximum Gasteiger partial charge on any atom is 0.183 e. The van der Waals surface area contributed by atoms with Gasteiger partial charge in [0.25, 0.3) is 0 Å². The Morgan fingerprint density at radius 1 is 1.19 bits per heavy atom. The molecular formula is C12H16N2O2. The Kier molecular flexibility index (Phi) is 4.28. The van der Waals surface area contributed by atoms with Crippen molar-refractivity contribution in [1.82, 2.24) is 9.97 Å². The zero-order chi connectivity index (χ0) is 12.1. The molecule has 4 heteroatoms. The number of Topliss-reactive ketones (excluding diaryl/α,β-unsaturated/α-hetero) is 2. The van der Waals surface area contributed by atoms with E-state index in [-0.39, 0.29) is 30.3 Å². The maximum absolute atomic E-state index is 11.6. The van der Waals surface area contributed by atoms with Gasteiger partial charge in [0.1, 0.15) is 11.5 Å². The second-order valence-electron chi connectivity index (χ2n) is 4.09. The number of carbonyl (C=O) groups excluding carboxylic acids is 2. The van der Waals surface area contributed by atoms with Crippen LogP contribution in [0.3, 0.4) is 0 Å². The number of rotatable bonds is 5. The average molecular weight is 220 g/mol. The monoisotopic (exact) mass is 220 g/mol. The SMILES string of the molecule is Cc1cnc(C(=O)CCC(=O)C(C)C)cn1. The minimum atomic E-state index is -0.124. The topological polar surface area (TPSA) is 59.9 Å². The lowest BCUT2D eigenvalue weighted by Crippen LogP contribution is -2.11. The van der Waals surface area contributed by atoms with E-state index in [4.69, 9.17) is 0 Å². The summed E-state index contributed by atoms with van der Waals surface area (Å²) in [5, 5.41) is 0. The minimum absolute atomic E-state index is 0.0168. The van der Waals surface area contributed by atoms with Crippen LogP contribution in [0.4, 0.5) is 0 Å². The highest BCUT2D eigenvalue weighted by Gasteiger charge is 2.12. The maximum atomic E-state index is 11.6. The fourth-order valence-electron chi connectivity index (χ4n) is 1.19. The van der Waals surface area contributed by atoms with Crippen molar-refractivity contribution in [2.24, 2.45) is 5.92 Å². The van der Waals surface area contributed by atoms with Gasteiger partial charge >= 0.3 is 0 Å². The quantitative estimate of drug-likeness (QED) is 0.712. The summed E-state index contributed by atoms with van der Waals surface area (Å²) in [5.74, 6) is -0.0353. The Morgan fingerprint density at radius 3 is 2.38 bits per heavy atom. The van der Waals surface area contributed by atoms with Crippen molar-refractivity contribution in [3.63, 3.8) is 0 Å². The molecule has 86 valence electrons. The molecule has 0 radical (unpaired) electrons. The van der Waals surface area contributed by atoms with Crippen LogP contribution in [0.15, 0.2) is 12.4 Å². The zero-order valence-electron chi connectivity index (χ0n) is 9.86. The Hall–Kier alpha value is -1.58. The van der Waals surface area contributed by atoms with Crippen LogP contribution in [0, 0.1) is 12.8 Å². The van der Waals surface area contributed by atoms with E-state index in [0.29, 0.717) is 5.69 Å². The first-order chi connectivity index (χ1) is 7.50. The summed E-state index contributed by atoms with van der Waals surface area (Å²) in [5.41, 5.74) is 1.11. The van der Waals surface area contributed by atoms with Gasteiger partial charge in [0, 0.05) is 25.0 Å². The van der Waals surface area contributed by atoms with Gasteiger partial charge in [-0.15, -0.1) is 0 Å². The van der Waals surface area contributed by atoms with E-state index >= 15 is 0 Å². The van der Waals surface area contributed by atoms with E-state index in [2.05, 4.69) is 9.97 Å². The Bertz CT molecular complexity index is 383. The largest absolute Gasteiger partial charge is 0.299 e. The van der Waals surface area contributed by atoms with Crippen LogP contribution in [-0.2, 0) is 4.79 Å². The van der Waals surface area contributed by atoms with Crippen LogP contribution in [0.1, 0.15) is 42.9 Å². The van der Waals surface area contributed by atoms with Gasteiger partial charge in [0.05, 0.1) is 11.9 Å². The molecule has 0 saturated carbocycles. The van der Waals surface area contributed by atoms with Crippen LogP contribution < -0.4 is 0 Å². The molecular weight excluding hydrogens is 204 g/mol. The van der Waals surface area contributed by atoms with Crippen LogP contribution in [0.5, 0.6) is 0 Å². The number of aryl methyl sites for hydroxylation is 1. The summed E-state index contributed by atoms with van der Waals surface area (Å²) in [6, 6.07) is 0. The van der Waals surface area contributed by atoms with Crippen LogP contribution in [0.25, 0.3) is 0 Å². The first-order valence-electron chi connectivity index (χ1n) is 5.35. The molecule has 1 aromatic heterocycles. The molecule has 4 nitrogen and oxygen atoms in total. The average Bonchev–Trinajstić information content (AvgIpc) is 2.26. The highest BCUT2D eigenvalue weighted by atomic mass is 16.1. The smallest absolute Gasteiger partial charge is 0.183 e. The van der Waals surface area contributed by atoms with E-state index in [0.717, 1.165) is 5.69 Å². The Balaban J connectivity index is 2.53. The van der Waals surface area contributed by atoms with Crippen molar-refractivity contribution in [3.8, 4) is 0 Å². The molecule has 0 spiro atoms. The molecule has 0 aliphatic carbocycles. The van der Waals surface area contributed by atoms with Crippen molar-refractivity contribution in [3.05, 3.63) is 23.8 Å². The van der Waals surface area contributed by atoms with Crippen molar-refractivity contribution < 1.29 is 9.59 Å². The summed E-state index contributed by atoms with van der Waals surface area (Å²) in [7, 11) is 0. The summed E-state index contributed by atoms with van der Waals surface area (Å²) >= 11 is 0. The van der Waals surface area contributed by atoms with Crippen molar-refractivity contribution in [1.29, 1.82) is 0 Å². The summed E-state index contributed by atoms with van der Waals surface area (Å²) in [4.78, 5) is 30.9. The normalized spacial score (nSPS) is 10.5. The Morgan fingerprint density at radius 2 is 1.88 bits per heavy atom. The molecule has 0 N–H and O–H groups in total. The number of nitrogens with zero attached hydrogens (tertiary/aromatic N) is 2. The van der Waals surface area contributed by atoms with Crippen molar-refractivity contribution in [2.75, 3.05) is 0 Å². The van der Waals surface area contributed by atoms with Gasteiger partial charge in [-0.2, -0.15) is 0 Å². The van der Waals surface area contributed by atoms with Crippen molar-refractivity contribution >= 4 is 11.6 Å². The number of hydrogen-bond donors (Lipinski definition) is 0. The molecule has 0 atom stereocenters. The summed E-state index contributed by atoms with van der Waals surface area (Å²) < 4.78 is 0. The van der Waals surface area contributed by atoms with E-state index in [1.807, 2.05) is 20.8 Å². The van der Waals surface area contributed by atoms with Gasteiger partial charge in [-0.05, 0) is 6.92 Å². The Labute approximate surface area is 95.1 Å². The first-order valence-corrected chi connectivity index (χ1v) is 5.35. The molecule has 0 aliphatic heterocycles. The van der Waals surface area contributed by atoms with Gasteiger partial charge in [0.2, 0.25) is 0 Å². The lowest BCUT2D eigenvalue weighted by Gasteiger charge is -2.03. The number of carbonyl (C=O) groups is 2. The molecule has 1 rings (SSSR count). The lowest BCUT2D eigenvalue weighted by atomic mass is 10.0. The fraction of sp³-hybridized carbons (Fsp3) is 0.500. The number of aromatic nitrogens is 2. The highest BCUT2D eigenvalue weighted by Crippen LogP contribution is 2.06. The lowest BCUT2D eigenvalue weighted by molar-refractivity contribution is -0.121. The molecule has 0 aliphatic rings. The van der Waals surface area contributed by atoms with E-state index in [9.17, 15) is 9.59 Å². The van der Waals surface area contributed by atoms with Crippen LogP contribution >= 0.6 is 0 Å². The third-order valence-corrected chi connectivity index (χ3v) is 2.31. The van der Waals surface area contributed by atoms with E-state index in [1.165, 1.54) is 6.20 Å². The minimum Gasteiger partial charge on any atom is -0.299 e. The van der Waals surface area contributed by atoms with Gasteiger partial charge in [-0.3, -0.25) is 14.6 Å². The van der Waals surface area contributed by atoms with Gasteiger partial charge in [0.15, 0.2) is 5.78 Å². The first kappa shape index (κ1) is 12.5. The third kappa shape index (κ3) is 3.53. The van der Waals surface area contributed by atoms with Gasteiger partial charge in [-0.1, -0.05) is 13.8 Å². The molecule has 0 fully saturated rings. The van der Waals surface area contributed by atoms with E-state index in [1.54, 1.807) is 6.20 Å².